The SMILES string of the molecule is CC(C)(F)c1cccc(C2CCNCC2)c1O. The molecule has 1 aromatic rings. The average molecular weight is 237 g/mol. The van der Waals surface area contributed by atoms with E-state index in [1.807, 2.05) is 12.1 Å². The van der Waals surface area contributed by atoms with Gasteiger partial charge < -0.3 is 10.4 Å². The molecule has 0 spiro atoms. The first-order valence-corrected chi connectivity index (χ1v) is 6.22. The fraction of sp³-hybridized carbons (Fsp3) is 0.571. The van der Waals surface area contributed by atoms with Gasteiger partial charge in [0.25, 0.3) is 0 Å². The molecule has 0 unspecified atom stereocenters. The zero-order valence-corrected chi connectivity index (χ0v) is 10.5. The molecule has 0 bridgehead atoms. The molecule has 0 aliphatic carbocycles. The maximum Gasteiger partial charge on any atom is 0.134 e. The molecule has 0 radical (unpaired) electrons. The van der Waals surface area contributed by atoms with Crippen molar-refractivity contribution in [2.45, 2.75) is 38.3 Å². The molecule has 3 heteroatoms. The van der Waals surface area contributed by atoms with Crippen molar-refractivity contribution in [2.24, 2.45) is 0 Å². The number of phenols is 1. The van der Waals surface area contributed by atoms with Crippen molar-refractivity contribution in [1.29, 1.82) is 0 Å². The second-order valence-corrected chi connectivity index (χ2v) is 5.24. The van der Waals surface area contributed by atoms with Crippen molar-refractivity contribution in [1.82, 2.24) is 5.32 Å². The summed E-state index contributed by atoms with van der Waals surface area (Å²) in [6.07, 6.45) is 2.01. The van der Waals surface area contributed by atoms with Crippen LogP contribution in [-0.2, 0) is 5.67 Å². The van der Waals surface area contributed by atoms with E-state index in [4.69, 9.17) is 0 Å². The number of alkyl halides is 1. The number of halogens is 1. The predicted octanol–water partition coefficient (Wildman–Crippen LogP) is 3.06. The van der Waals surface area contributed by atoms with Crippen LogP contribution in [0.15, 0.2) is 18.2 Å². The minimum absolute atomic E-state index is 0.145. The van der Waals surface area contributed by atoms with Gasteiger partial charge in [0.2, 0.25) is 0 Å². The van der Waals surface area contributed by atoms with E-state index in [9.17, 15) is 9.50 Å². The van der Waals surface area contributed by atoms with Gasteiger partial charge in [0.15, 0.2) is 0 Å². The van der Waals surface area contributed by atoms with Gasteiger partial charge in [0.1, 0.15) is 11.4 Å². The smallest absolute Gasteiger partial charge is 0.134 e. The molecule has 0 saturated carbocycles. The summed E-state index contributed by atoms with van der Waals surface area (Å²) in [7, 11) is 0. The van der Waals surface area contributed by atoms with E-state index in [2.05, 4.69) is 5.32 Å². The van der Waals surface area contributed by atoms with Crippen molar-refractivity contribution in [3.05, 3.63) is 29.3 Å². The molecule has 1 saturated heterocycles. The second-order valence-electron chi connectivity index (χ2n) is 5.24. The lowest BCUT2D eigenvalue weighted by Crippen LogP contribution is -2.26. The van der Waals surface area contributed by atoms with E-state index >= 15 is 0 Å². The van der Waals surface area contributed by atoms with Crippen LogP contribution >= 0.6 is 0 Å². The number of aromatic hydroxyl groups is 1. The number of phenolic OH excluding ortho intramolecular Hbond substituents is 1. The largest absolute Gasteiger partial charge is 0.507 e. The third-order valence-corrected chi connectivity index (χ3v) is 3.49. The van der Waals surface area contributed by atoms with E-state index in [1.54, 1.807) is 6.07 Å². The molecule has 94 valence electrons. The van der Waals surface area contributed by atoms with Crippen LogP contribution < -0.4 is 5.32 Å². The fourth-order valence-electron chi connectivity index (χ4n) is 2.50. The van der Waals surface area contributed by atoms with Gasteiger partial charge in [-0.3, -0.25) is 0 Å². The molecule has 0 atom stereocenters. The van der Waals surface area contributed by atoms with Crippen LogP contribution in [0.5, 0.6) is 5.75 Å². The molecule has 2 N–H and O–H groups in total. The Balaban J connectivity index is 2.35. The van der Waals surface area contributed by atoms with E-state index in [-0.39, 0.29) is 5.75 Å². The molecular weight excluding hydrogens is 217 g/mol. The number of hydrogen-bond donors (Lipinski definition) is 2. The third-order valence-electron chi connectivity index (χ3n) is 3.49. The Morgan fingerprint density at radius 2 is 1.94 bits per heavy atom. The minimum Gasteiger partial charge on any atom is -0.507 e. The zero-order valence-electron chi connectivity index (χ0n) is 10.5. The third kappa shape index (κ3) is 2.60. The highest BCUT2D eigenvalue weighted by atomic mass is 19.1. The molecule has 0 amide bonds. The van der Waals surface area contributed by atoms with E-state index in [1.165, 1.54) is 13.8 Å². The molecule has 1 aromatic carbocycles. The maximum absolute atomic E-state index is 14.0. The quantitative estimate of drug-likeness (QED) is 0.828. The van der Waals surface area contributed by atoms with Gasteiger partial charge in [0.05, 0.1) is 0 Å². The summed E-state index contributed by atoms with van der Waals surface area (Å²) in [6, 6.07) is 5.42. The van der Waals surface area contributed by atoms with Crippen molar-refractivity contribution in [3.8, 4) is 5.75 Å². The molecular formula is C14H20FNO. The Bertz CT molecular complexity index is 392. The van der Waals surface area contributed by atoms with Crippen molar-refractivity contribution in [2.75, 3.05) is 13.1 Å². The summed E-state index contributed by atoms with van der Waals surface area (Å²) in [5.41, 5.74) is -0.198. The summed E-state index contributed by atoms with van der Waals surface area (Å²) in [5, 5.41) is 13.5. The zero-order chi connectivity index (χ0) is 12.5. The lowest BCUT2D eigenvalue weighted by molar-refractivity contribution is 0.214. The predicted molar refractivity (Wildman–Crippen MR) is 67.1 cm³/mol. The lowest BCUT2D eigenvalue weighted by atomic mass is 9.86. The number of nitrogens with one attached hydrogen (secondary N) is 1. The van der Waals surface area contributed by atoms with Gasteiger partial charge in [-0.25, -0.2) is 4.39 Å². The van der Waals surface area contributed by atoms with Gasteiger partial charge >= 0.3 is 0 Å². The second kappa shape index (κ2) is 4.65. The van der Waals surface area contributed by atoms with Crippen LogP contribution in [0.4, 0.5) is 4.39 Å². The summed E-state index contributed by atoms with van der Waals surface area (Å²) in [5.74, 6) is 0.491. The summed E-state index contributed by atoms with van der Waals surface area (Å²) < 4.78 is 14.0. The Kier molecular flexibility index (Phi) is 3.38. The number of para-hydroxylation sites is 1. The number of hydrogen-bond acceptors (Lipinski definition) is 2. The van der Waals surface area contributed by atoms with Crippen LogP contribution in [0.2, 0.25) is 0 Å². The van der Waals surface area contributed by atoms with Gasteiger partial charge in [-0.15, -0.1) is 0 Å². The number of rotatable bonds is 2. The number of benzene rings is 1. The summed E-state index contributed by atoms with van der Waals surface area (Å²) in [4.78, 5) is 0. The summed E-state index contributed by atoms with van der Waals surface area (Å²) >= 11 is 0. The van der Waals surface area contributed by atoms with Crippen LogP contribution in [0.25, 0.3) is 0 Å². The highest BCUT2D eigenvalue weighted by Gasteiger charge is 2.26. The number of piperidine rings is 1. The molecule has 1 aliphatic heterocycles. The van der Waals surface area contributed by atoms with Gasteiger partial charge in [0, 0.05) is 5.56 Å². The molecule has 2 nitrogen and oxygen atoms in total. The Morgan fingerprint density at radius 1 is 1.29 bits per heavy atom. The van der Waals surface area contributed by atoms with Crippen LogP contribution in [0.3, 0.4) is 0 Å². The van der Waals surface area contributed by atoms with E-state index < -0.39 is 5.67 Å². The van der Waals surface area contributed by atoms with E-state index in [0.717, 1.165) is 31.5 Å². The first-order valence-electron chi connectivity index (χ1n) is 6.22. The molecule has 0 aromatic heterocycles. The minimum atomic E-state index is -1.49. The van der Waals surface area contributed by atoms with E-state index in [0.29, 0.717) is 11.5 Å². The normalized spacial score (nSPS) is 18.3. The monoisotopic (exact) mass is 237 g/mol. The Labute approximate surface area is 102 Å². The van der Waals surface area contributed by atoms with Crippen molar-refractivity contribution < 1.29 is 9.50 Å². The first kappa shape index (κ1) is 12.4. The van der Waals surface area contributed by atoms with Crippen LogP contribution in [0.1, 0.15) is 43.7 Å². The standard InChI is InChI=1S/C14H20FNO/c1-14(2,15)12-5-3-4-11(13(12)17)10-6-8-16-9-7-10/h3-5,10,16-17H,6-9H2,1-2H3. The molecule has 1 fully saturated rings. The van der Waals surface area contributed by atoms with Crippen LogP contribution in [0, 0.1) is 0 Å². The first-order chi connectivity index (χ1) is 8.00. The van der Waals surface area contributed by atoms with Gasteiger partial charge in [-0.1, -0.05) is 18.2 Å². The molecule has 2 rings (SSSR count). The molecule has 17 heavy (non-hydrogen) atoms. The summed E-state index contributed by atoms with van der Waals surface area (Å²) in [6.45, 7) is 4.89. The van der Waals surface area contributed by atoms with Crippen LogP contribution in [-0.4, -0.2) is 18.2 Å². The highest BCUT2D eigenvalue weighted by Crippen LogP contribution is 2.39. The van der Waals surface area contributed by atoms with Crippen molar-refractivity contribution >= 4 is 0 Å². The lowest BCUT2D eigenvalue weighted by Gasteiger charge is -2.26. The average Bonchev–Trinajstić information content (AvgIpc) is 2.29. The maximum atomic E-state index is 14.0. The highest BCUT2D eigenvalue weighted by molar-refractivity contribution is 5.45. The Morgan fingerprint density at radius 3 is 2.53 bits per heavy atom. The van der Waals surface area contributed by atoms with Gasteiger partial charge in [-0.2, -0.15) is 0 Å². The van der Waals surface area contributed by atoms with Gasteiger partial charge in [-0.05, 0) is 51.3 Å². The molecule has 1 aliphatic rings. The van der Waals surface area contributed by atoms with Crippen molar-refractivity contribution in [3.63, 3.8) is 0 Å². The molecule has 1 heterocycles. The fourth-order valence-corrected chi connectivity index (χ4v) is 2.50. The topological polar surface area (TPSA) is 32.3 Å². The Hall–Kier alpha value is -1.09.